The molecule has 0 aromatic heterocycles. The molecule has 5 heteroatoms. The molecule has 0 saturated heterocycles. The lowest BCUT2D eigenvalue weighted by atomic mass is 9.98. The van der Waals surface area contributed by atoms with E-state index in [1.165, 1.54) is 0 Å². The second-order valence-electron chi connectivity index (χ2n) is 4.07. The van der Waals surface area contributed by atoms with Crippen LogP contribution in [0.5, 0.6) is 0 Å². The van der Waals surface area contributed by atoms with Crippen LogP contribution in [0.4, 0.5) is 0 Å². The number of hydrogen-bond acceptors (Lipinski definition) is 0. The van der Waals surface area contributed by atoms with Crippen molar-refractivity contribution >= 4 is 66.7 Å². The summed E-state index contributed by atoms with van der Waals surface area (Å²) >= 11 is 25.3. The third kappa shape index (κ3) is 5.63. The summed E-state index contributed by atoms with van der Waals surface area (Å²) in [5, 5.41) is 1.06. The quantitative estimate of drug-likeness (QED) is 0.503. The molecule has 0 nitrogen and oxygen atoms in total. The van der Waals surface area contributed by atoms with Crippen LogP contribution in [0, 0.1) is 0 Å². The van der Waals surface area contributed by atoms with Gasteiger partial charge < -0.3 is 0 Å². The molecule has 0 radical (unpaired) electrons. The Morgan fingerprint density at radius 2 is 1.87 bits per heavy atom. The molecule has 0 fully saturated rings. The SMILES string of the molecule is C=C(Cl)[C@](Cl)(CBr)CC[C@@H](Br)C(C)(C)Cl. The zero-order chi connectivity index (χ0) is 12.3. The standard InChI is InChI=1S/C10H15Br2Cl3/c1-7(13)10(15,6-11)5-4-8(12)9(2,3)14/h8H,1,4-6H2,2-3H3/t8-,10-/m1/s1. The van der Waals surface area contributed by atoms with E-state index in [0.29, 0.717) is 10.4 Å². The van der Waals surface area contributed by atoms with Crippen LogP contribution in [0.3, 0.4) is 0 Å². The Hall–Kier alpha value is 1.57. The number of allylic oxidation sites excluding steroid dienone is 1. The predicted molar refractivity (Wildman–Crippen MR) is 79.3 cm³/mol. The highest BCUT2D eigenvalue weighted by Gasteiger charge is 2.32. The fourth-order valence-corrected chi connectivity index (χ4v) is 2.36. The Labute approximate surface area is 124 Å². The van der Waals surface area contributed by atoms with Crippen molar-refractivity contribution in [1.82, 2.24) is 0 Å². The van der Waals surface area contributed by atoms with E-state index >= 15 is 0 Å². The number of halogens is 5. The minimum atomic E-state index is -0.588. The summed E-state index contributed by atoms with van der Waals surface area (Å²) in [6.07, 6.45) is 1.57. The molecule has 2 atom stereocenters. The van der Waals surface area contributed by atoms with Gasteiger partial charge in [-0.25, -0.2) is 0 Å². The van der Waals surface area contributed by atoms with Crippen molar-refractivity contribution < 1.29 is 0 Å². The Bertz CT molecular complexity index is 225. The summed E-state index contributed by atoms with van der Waals surface area (Å²) in [5.41, 5.74) is 0. The highest BCUT2D eigenvalue weighted by atomic mass is 79.9. The molecule has 90 valence electrons. The third-order valence-corrected chi connectivity index (χ3v) is 6.66. The lowest BCUT2D eigenvalue weighted by Crippen LogP contribution is -2.30. The van der Waals surface area contributed by atoms with E-state index in [9.17, 15) is 0 Å². The van der Waals surface area contributed by atoms with Crippen molar-refractivity contribution in [3.8, 4) is 0 Å². The largest absolute Gasteiger partial charge is 0.119 e. The van der Waals surface area contributed by atoms with Crippen LogP contribution in [0.1, 0.15) is 26.7 Å². The average molecular weight is 401 g/mol. The first-order valence-electron chi connectivity index (χ1n) is 4.56. The molecule has 0 heterocycles. The molecule has 0 spiro atoms. The first-order valence-corrected chi connectivity index (χ1v) is 7.73. The van der Waals surface area contributed by atoms with Crippen molar-refractivity contribution in [2.24, 2.45) is 0 Å². The maximum absolute atomic E-state index is 6.31. The van der Waals surface area contributed by atoms with Gasteiger partial charge in [-0.05, 0) is 26.7 Å². The first kappa shape index (κ1) is 16.6. The monoisotopic (exact) mass is 398 g/mol. The van der Waals surface area contributed by atoms with E-state index in [1.807, 2.05) is 13.8 Å². The van der Waals surface area contributed by atoms with Crippen LogP contribution < -0.4 is 0 Å². The zero-order valence-electron chi connectivity index (χ0n) is 8.80. The van der Waals surface area contributed by atoms with Crippen molar-refractivity contribution in [3.63, 3.8) is 0 Å². The fraction of sp³-hybridized carbons (Fsp3) is 0.800. The van der Waals surface area contributed by atoms with E-state index in [2.05, 4.69) is 38.4 Å². The highest BCUT2D eigenvalue weighted by molar-refractivity contribution is 9.09. The Balaban J connectivity index is 4.31. The second kappa shape index (κ2) is 6.49. The van der Waals surface area contributed by atoms with Gasteiger partial charge in [0.05, 0.1) is 9.75 Å². The predicted octanol–water partition coefficient (Wildman–Crippen LogP) is 5.67. The van der Waals surface area contributed by atoms with Crippen molar-refractivity contribution in [1.29, 1.82) is 0 Å². The molecule has 0 saturated carbocycles. The maximum atomic E-state index is 6.31. The molecule has 0 unspecified atom stereocenters. The first-order chi connectivity index (χ1) is 6.63. The van der Waals surface area contributed by atoms with Crippen molar-refractivity contribution in [2.75, 3.05) is 5.33 Å². The van der Waals surface area contributed by atoms with E-state index in [0.717, 1.165) is 12.8 Å². The van der Waals surface area contributed by atoms with Gasteiger partial charge in [-0.3, -0.25) is 0 Å². The lowest BCUT2D eigenvalue weighted by Gasteiger charge is -2.28. The second-order valence-corrected chi connectivity index (χ2v) is 7.89. The highest BCUT2D eigenvalue weighted by Crippen LogP contribution is 2.37. The van der Waals surface area contributed by atoms with Crippen LogP contribution in [0.25, 0.3) is 0 Å². The zero-order valence-corrected chi connectivity index (χ0v) is 14.2. The third-order valence-electron chi connectivity index (χ3n) is 2.24. The maximum Gasteiger partial charge on any atom is 0.0891 e. The number of rotatable bonds is 6. The molecule has 0 aromatic carbocycles. The fourth-order valence-electron chi connectivity index (χ4n) is 0.974. The van der Waals surface area contributed by atoms with Crippen molar-refractivity contribution in [2.45, 2.75) is 41.3 Å². The van der Waals surface area contributed by atoms with Gasteiger partial charge in [0.2, 0.25) is 0 Å². The van der Waals surface area contributed by atoms with Gasteiger partial charge in [0.25, 0.3) is 0 Å². The summed E-state index contributed by atoms with van der Waals surface area (Å²) in [6, 6.07) is 0. The Kier molecular flexibility index (Phi) is 7.17. The van der Waals surface area contributed by atoms with Gasteiger partial charge in [-0.2, -0.15) is 0 Å². The minimum absolute atomic E-state index is 0.194. The van der Waals surface area contributed by atoms with E-state index < -0.39 is 4.87 Å². The molecule has 0 bridgehead atoms. The lowest BCUT2D eigenvalue weighted by molar-refractivity contribution is 0.559. The summed E-state index contributed by atoms with van der Waals surface area (Å²) in [5.74, 6) is 0. The molecule has 0 aliphatic heterocycles. The molecule has 15 heavy (non-hydrogen) atoms. The van der Waals surface area contributed by atoms with Gasteiger partial charge >= 0.3 is 0 Å². The van der Waals surface area contributed by atoms with Crippen LogP contribution >= 0.6 is 66.7 Å². The van der Waals surface area contributed by atoms with Crippen molar-refractivity contribution in [3.05, 3.63) is 11.6 Å². The van der Waals surface area contributed by atoms with E-state index in [4.69, 9.17) is 34.8 Å². The van der Waals surface area contributed by atoms with Gasteiger partial charge in [0.1, 0.15) is 0 Å². The molecular weight excluding hydrogens is 386 g/mol. The number of alkyl halides is 4. The Morgan fingerprint density at radius 1 is 1.40 bits per heavy atom. The summed E-state index contributed by atoms with van der Waals surface area (Å²) in [4.78, 5) is -0.687. The molecule has 0 aromatic rings. The summed E-state index contributed by atoms with van der Waals surface area (Å²) in [7, 11) is 0. The van der Waals surface area contributed by atoms with Gasteiger partial charge in [-0.1, -0.05) is 50.0 Å². The van der Waals surface area contributed by atoms with Crippen LogP contribution in [0.2, 0.25) is 0 Å². The summed E-state index contributed by atoms with van der Waals surface area (Å²) < 4.78 is 0. The topological polar surface area (TPSA) is 0 Å². The summed E-state index contributed by atoms with van der Waals surface area (Å²) in [6.45, 7) is 7.62. The molecule has 0 rings (SSSR count). The minimum Gasteiger partial charge on any atom is -0.119 e. The van der Waals surface area contributed by atoms with Crippen LogP contribution in [-0.2, 0) is 0 Å². The molecule has 0 aliphatic carbocycles. The van der Waals surface area contributed by atoms with Gasteiger partial charge in [-0.15, -0.1) is 23.2 Å². The smallest absolute Gasteiger partial charge is 0.0891 e. The normalized spacial score (nSPS) is 18.3. The molecular formula is C10H15Br2Cl3. The van der Waals surface area contributed by atoms with Crippen LogP contribution in [-0.4, -0.2) is 19.9 Å². The van der Waals surface area contributed by atoms with Gasteiger partial charge in [0, 0.05) is 15.2 Å². The molecule has 0 aliphatic rings. The van der Waals surface area contributed by atoms with Crippen LogP contribution in [0.15, 0.2) is 11.6 Å². The van der Waals surface area contributed by atoms with E-state index in [1.54, 1.807) is 0 Å². The van der Waals surface area contributed by atoms with Gasteiger partial charge in [0.15, 0.2) is 0 Å². The molecule has 0 N–H and O–H groups in total. The number of hydrogen-bond donors (Lipinski definition) is 0. The van der Waals surface area contributed by atoms with E-state index in [-0.39, 0.29) is 9.70 Å². The molecule has 0 amide bonds. The average Bonchev–Trinajstić information content (AvgIpc) is 2.11. The Morgan fingerprint density at radius 3 is 2.13 bits per heavy atom.